The number of hydrogen-bond donors (Lipinski definition) is 0. The summed E-state index contributed by atoms with van der Waals surface area (Å²) in [5.41, 5.74) is 0. The van der Waals surface area contributed by atoms with Gasteiger partial charge in [0.2, 0.25) is 0 Å². The lowest BCUT2D eigenvalue weighted by Gasteiger charge is -2.26. The van der Waals surface area contributed by atoms with Crippen LogP contribution in [0.25, 0.3) is 0 Å². The number of likely N-dealkylation sites (tertiary alicyclic amines) is 1. The van der Waals surface area contributed by atoms with Crippen molar-refractivity contribution >= 4 is 0 Å². The Morgan fingerprint density at radius 1 is 0.680 bits per heavy atom. The van der Waals surface area contributed by atoms with E-state index in [1.165, 1.54) is 70.9 Å². The molecule has 2 rings (SSSR count). The monoisotopic (exact) mass is 355 g/mol. The molecule has 1 saturated heterocycles. The Morgan fingerprint density at radius 2 is 0.960 bits per heavy atom. The zero-order valence-electron chi connectivity index (χ0n) is 19.5. The average molecular weight is 356 g/mol. The number of piperidine rings is 1. The Labute approximate surface area is 162 Å². The molecule has 0 aromatic carbocycles. The summed E-state index contributed by atoms with van der Waals surface area (Å²) < 4.78 is 0. The maximum absolute atomic E-state index is 2.40. The summed E-state index contributed by atoms with van der Waals surface area (Å²) in [4.78, 5) is 2.40. The topological polar surface area (TPSA) is 3.24 Å². The van der Waals surface area contributed by atoms with Gasteiger partial charge in [-0.25, -0.2) is 0 Å². The van der Waals surface area contributed by atoms with Crippen molar-refractivity contribution in [3.63, 3.8) is 0 Å². The van der Waals surface area contributed by atoms with Gasteiger partial charge in [-0.15, -0.1) is 0 Å². The molecular formula is C24H53N. The maximum atomic E-state index is 2.40. The molecule has 154 valence electrons. The minimum absolute atomic E-state index is 0.884. The predicted octanol–water partition coefficient (Wildman–Crippen LogP) is 8.04. The van der Waals surface area contributed by atoms with E-state index >= 15 is 0 Å². The molecule has 0 aromatic rings. The van der Waals surface area contributed by atoms with E-state index in [2.05, 4.69) is 67.3 Å². The Morgan fingerprint density at radius 3 is 1.16 bits per heavy atom. The second-order valence-corrected chi connectivity index (χ2v) is 9.15. The van der Waals surface area contributed by atoms with Crippen molar-refractivity contribution in [2.45, 2.75) is 113 Å². The SMILES string of the molecule is CC1CCC(C)CC1.CC1CCN(C)CC1.CCC(C)C.CCCC. The molecule has 1 saturated carbocycles. The lowest BCUT2D eigenvalue weighted by atomic mass is 9.84. The van der Waals surface area contributed by atoms with Gasteiger partial charge in [0.1, 0.15) is 0 Å². The van der Waals surface area contributed by atoms with Crippen molar-refractivity contribution < 1.29 is 0 Å². The Hall–Kier alpha value is -0.0400. The molecule has 0 unspecified atom stereocenters. The van der Waals surface area contributed by atoms with Crippen LogP contribution in [0, 0.1) is 23.7 Å². The van der Waals surface area contributed by atoms with Crippen LogP contribution in [0.2, 0.25) is 0 Å². The highest BCUT2D eigenvalue weighted by Crippen LogP contribution is 2.27. The molecule has 1 aliphatic heterocycles. The van der Waals surface area contributed by atoms with Crippen molar-refractivity contribution in [1.29, 1.82) is 0 Å². The van der Waals surface area contributed by atoms with Crippen molar-refractivity contribution in [1.82, 2.24) is 4.90 Å². The smallest absolute Gasteiger partial charge is 0.00192 e. The van der Waals surface area contributed by atoms with Crippen LogP contribution in [-0.4, -0.2) is 25.0 Å². The van der Waals surface area contributed by atoms with Gasteiger partial charge in [-0.3, -0.25) is 0 Å². The molecule has 0 amide bonds. The van der Waals surface area contributed by atoms with Gasteiger partial charge in [0.25, 0.3) is 0 Å². The number of unbranched alkanes of at least 4 members (excludes halogenated alkanes) is 1. The first-order valence-corrected chi connectivity index (χ1v) is 11.4. The van der Waals surface area contributed by atoms with E-state index < -0.39 is 0 Å². The first-order valence-electron chi connectivity index (χ1n) is 11.4. The Kier molecular flexibility index (Phi) is 20.4. The molecule has 2 aliphatic rings. The van der Waals surface area contributed by atoms with Crippen LogP contribution >= 0.6 is 0 Å². The van der Waals surface area contributed by atoms with Crippen LogP contribution in [0.5, 0.6) is 0 Å². The molecule has 1 aliphatic carbocycles. The molecule has 25 heavy (non-hydrogen) atoms. The lowest BCUT2D eigenvalue weighted by molar-refractivity contribution is 0.230. The van der Waals surface area contributed by atoms with Crippen molar-refractivity contribution in [3.05, 3.63) is 0 Å². The number of nitrogens with zero attached hydrogens (tertiary/aromatic N) is 1. The Balaban J connectivity index is 0. The number of rotatable bonds is 2. The van der Waals surface area contributed by atoms with Crippen LogP contribution in [0.1, 0.15) is 113 Å². The van der Waals surface area contributed by atoms with Crippen LogP contribution in [0.4, 0.5) is 0 Å². The highest BCUT2D eigenvalue weighted by Gasteiger charge is 2.13. The third kappa shape index (κ3) is 21.9. The van der Waals surface area contributed by atoms with Crippen LogP contribution in [0.3, 0.4) is 0 Å². The number of hydrogen-bond acceptors (Lipinski definition) is 1. The van der Waals surface area contributed by atoms with Crippen LogP contribution in [-0.2, 0) is 0 Å². The van der Waals surface area contributed by atoms with Gasteiger partial charge in [0, 0.05) is 0 Å². The highest BCUT2D eigenvalue weighted by molar-refractivity contribution is 4.66. The van der Waals surface area contributed by atoms with Crippen molar-refractivity contribution in [3.8, 4) is 0 Å². The van der Waals surface area contributed by atoms with E-state index in [1.807, 2.05) is 0 Å². The van der Waals surface area contributed by atoms with Crippen LogP contribution in [0.15, 0.2) is 0 Å². The zero-order chi connectivity index (χ0) is 19.7. The van der Waals surface area contributed by atoms with E-state index in [1.54, 1.807) is 0 Å². The van der Waals surface area contributed by atoms with E-state index in [0.717, 1.165) is 23.7 Å². The lowest BCUT2D eigenvalue weighted by Crippen LogP contribution is -2.28. The third-order valence-corrected chi connectivity index (χ3v) is 5.63. The summed E-state index contributed by atoms with van der Waals surface area (Å²) in [5, 5.41) is 0. The second kappa shape index (κ2) is 18.7. The summed E-state index contributed by atoms with van der Waals surface area (Å²) in [6.07, 6.45) is 12.6. The first kappa shape index (κ1) is 27.2. The standard InChI is InChI=1S/C8H16.C7H15N.C5H12.C4H10/c2*1-7-3-5-8(2)6-4-7;1-4-5(2)3;1-3-4-2/h7-8H,3-6H2,1-2H3;7H,3-6H2,1-2H3;5H,4H2,1-3H3;3-4H2,1-2H3. The predicted molar refractivity (Wildman–Crippen MR) is 118 cm³/mol. The molecule has 0 N–H and O–H groups in total. The van der Waals surface area contributed by atoms with Crippen molar-refractivity contribution in [2.75, 3.05) is 20.1 Å². The van der Waals surface area contributed by atoms with E-state index in [4.69, 9.17) is 0 Å². The van der Waals surface area contributed by atoms with Crippen LogP contribution < -0.4 is 0 Å². The molecule has 2 fully saturated rings. The molecule has 1 nitrogen and oxygen atoms in total. The van der Waals surface area contributed by atoms with Gasteiger partial charge in [-0.1, -0.05) is 100 Å². The summed E-state index contributed by atoms with van der Waals surface area (Å²) in [5.74, 6) is 3.90. The molecule has 0 bridgehead atoms. The van der Waals surface area contributed by atoms with E-state index in [0.29, 0.717) is 0 Å². The van der Waals surface area contributed by atoms with Gasteiger partial charge in [0.05, 0.1) is 0 Å². The van der Waals surface area contributed by atoms with Gasteiger partial charge in [-0.2, -0.15) is 0 Å². The minimum Gasteiger partial charge on any atom is -0.306 e. The third-order valence-electron chi connectivity index (χ3n) is 5.63. The summed E-state index contributed by atoms with van der Waals surface area (Å²) >= 11 is 0. The fraction of sp³-hybridized carbons (Fsp3) is 1.00. The normalized spacial score (nSPS) is 24.2. The molecule has 0 radical (unpaired) electrons. The molecule has 0 atom stereocenters. The van der Waals surface area contributed by atoms with Crippen molar-refractivity contribution in [2.24, 2.45) is 23.7 Å². The van der Waals surface area contributed by atoms with E-state index in [-0.39, 0.29) is 0 Å². The fourth-order valence-corrected chi connectivity index (χ4v) is 2.56. The van der Waals surface area contributed by atoms with Gasteiger partial charge in [-0.05, 0) is 56.7 Å². The first-order chi connectivity index (χ1) is 11.8. The van der Waals surface area contributed by atoms with Gasteiger partial charge in [0.15, 0.2) is 0 Å². The summed E-state index contributed by atoms with van der Waals surface area (Å²) in [7, 11) is 2.20. The largest absolute Gasteiger partial charge is 0.306 e. The fourth-order valence-electron chi connectivity index (χ4n) is 2.56. The second-order valence-electron chi connectivity index (χ2n) is 9.15. The summed E-state index contributed by atoms with van der Waals surface area (Å²) in [6.45, 7) is 20.7. The molecule has 0 spiro atoms. The maximum Gasteiger partial charge on any atom is -0.00192 e. The van der Waals surface area contributed by atoms with Gasteiger partial charge >= 0.3 is 0 Å². The average Bonchev–Trinajstić information content (AvgIpc) is 2.61. The highest BCUT2D eigenvalue weighted by atomic mass is 15.1. The molecule has 1 heteroatoms. The molecule has 1 heterocycles. The van der Waals surface area contributed by atoms with E-state index in [9.17, 15) is 0 Å². The van der Waals surface area contributed by atoms with Gasteiger partial charge < -0.3 is 4.90 Å². The summed E-state index contributed by atoms with van der Waals surface area (Å²) in [6, 6.07) is 0. The zero-order valence-corrected chi connectivity index (χ0v) is 19.5. The minimum atomic E-state index is 0.884. The molecule has 0 aromatic heterocycles. The quantitative estimate of drug-likeness (QED) is 0.484. The Bertz CT molecular complexity index is 190. The molecular weight excluding hydrogens is 302 g/mol.